The van der Waals surface area contributed by atoms with Gasteiger partial charge in [-0.05, 0) is 44.1 Å². The number of halogens is 2. The number of nitrogens with zero attached hydrogens (tertiary/aromatic N) is 1. The monoisotopic (exact) mass is 241 g/mol. The smallest absolute Gasteiger partial charge is 0.123 e. The highest BCUT2D eigenvalue weighted by atomic mass is 35.5. The van der Waals surface area contributed by atoms with Crippen molar-refractivity contribution in [2.24, 2.45) is 0 Å². The Kier molecular flexibility index (Phi) is 7.62. The predicted octanol–water partition coefficient (Wildman–Crippen LogP) is 2.75. The van der Waals surface area contributed by atoms with E-state index in [4.69, 9.17) is 6.42 Å². The Morgan fingerprint density at radius 3 is 2.50 bits per heavy atom. The van der Waals surface area contributed by atoms with Crippen LogP contribution in [0.5, 0.6) is 0 Å². The van der Waals surface area contributed by atoms with E-state index in [0.717, 1.165) is 19.4 Å². The van der Waals surface area contributed by atoms with E-state index in [1.807, 2.05) is 19.2 Å². The van der Waals surface area contributed by atoms with Crippen LogP contribution in [0.2, 0.25) is 0 Å². The van der Waals surface area contributed by atoms with Crippen LogP contribution in [0.3, 0.4) is 0 Å². The van der Waals surface area contributed by atoms with Crippen molar-refractivity contribution in [3.63, 3.8) is 0 Å². The van der Waals surface area contributed by atoms with Crippen LogP contribution in [0, 0.1) is 18.2 Å². The van der Waals surface area contributed by atoms with Gasteiger partial charge in [0.2, 0.25) is 0 Å². The van der Waals surface area contributed by atoms with Gasteiger partial charge in [-0.15, -0.1) is 18.8 Å². The Labute approximate surface area is 103 Å². The van der Waals surface area contributed by atoms with E-state index in [9.17, 15) is 4.39 Å². The second-order valence-corrected chi connectivity index (χ2v) is 3.67. The molecule has 1 rings (SSSR count). The van der Waals surface area contributed by atoms with E-state index in [-0.39, 0.29) is 18.2 Å². The molecule has 0 aliphatic heterocycles. The van der Waals surface area contributed by atoms with Gasteiger partial charge in [0, 0.05) is 0 Å². The van der Waals surface area contributed by atoms with Crippen molar-refractivity contribution >= 4 is 12.4 Å². The molecule has 0 aromatic heterocycles. The molecule has 0 bridgehead atoms. The SMILES string of the molecule is C#CCN(C)CCCc1ccc(F)cc1.Cl. The first-order chi connectivity index (χ1) is 7.22. The quantitative estimate of drug-likeness (QED) is 0.717. The molecule has 0 spiro atoms. The van der Waals surface area contributed by atoms with E-state index in [2.05, 4.69) is 10.8 Å². The van der Waals surface area contributed by atoms with Crippen molar-refractivity contribution < 1.29 is 4.39 Å². The summed E-state index contributed by atoms with van der Waals surface area (Å²) in [5.41, 5.74) is 1.17. The minimum absolute atomic E-state index is 0. The largest absolute Gasteiger partial charge is 0.295 e. The van der Waals surface area contributed by atoms with Crippen LogP contribution >= 0.6 is 12.4 Å². The van der Waals surface area contributed by atoms with Crippen molar-refractivity contribution in [1.29, 1.82) is 0 Å². The minimum Gasteiger partial charge on any atom is -0.295 e. The standard InChI is InChI=1S/C13H16FN.ClH/c1-3-10-15(2)11-4-5-12-6-8-13(14)9-7-12;/h1,6-9H,4-5,10-11H2,2H3;1H. The lowest BCUT2D eigenvalue weighted by Crippen LogP contribution is -2.20. The molecule has 1 aromatic carbocycles. The third-order valence-electron chi connectivity index (χ3n) is 2.28. The van der Waals surface area contributed by atoms with Gasteiger partial charge in [0.05, 0.1) is 6.54 Å². The predicted molar refractivity (Wildman–Crippen MR) is 68.3 cm³/mol. The molecule has 1 aromatic rings. The van der Waals surface area contributed by atoms with Crippen LogP contribution < -0.4 is 0 Å². The molecule has 16 heavy (non-hydrogen) atoms. The van der Waals surface area contributed by atoms with E-state index < -0.39 is 0 Å². The molecular weight excluding hydrogens is 225 g/mol. The lowest BCUT2D eigenvalue weighted by molar-refractivity contribution is 0.369. The number of aryl methyl sites for hydroxylation is 1. The summed E-state index contributed by atoms with van der Waals surface area (Å²) < 4.78 is 12.6. The van der Waals surface area contributed by atoms with Gasteiger partial charge in [0.25, 0.3) is 0 Å². The summed E-state index contributed by atoms with van der Waals surface area (Å²) in [4.78, 5) is 2.10. The van der Waals surface area contributed by atoms with Gasteiger partial charge in [-0.2, -0.15) is 0 Å². The minimum atomic E-state index is -0.178. The summed E-state index contributed by atoms with van der Waals surface area (Å²) in [6.45, 7) is 1.66. The van der Waals surface area contributed by atoms with Crippen LogP contribution in [0.25, 0.3) is 0 Å². The van der Waals surface area contributed by atoms with Crippen molar-refractivity contribution in [3.8, 4) is 12.3 Å². The maximum absolute atomic E-state index is 12.6. The number of hydrogen-bond donors (Lipinski definition) is 0. The molecule has 0 heterocycles. The molecule has 3 heteroatoms. The molecule has 0 amide bonds. The molecule has 0 N–H and O–H groups in total. The number of terminal acetylenes is 1. The fourth-order valence-electron chi connectivity index (χ4n) is 1.44. The Morgan fingerprint density at radius 1 is 1.31 bits per heavy atom. The summed E-state index contributed by atoms with van der Waals surface area (Å²) in [5, 5.41) is 0. The zero-order valence-corrected chi connectivity index (χ0v) is 10.3. The Bertz CT molecular complexity index is 329. The Balaban J connectivity index is 0.00000225. The van der Waals surface area contributed by atoms with Gasteiger partial charge in [0.15, 0.2) is 0 Å². The molecule has 0 unspecified atom stereocenters. The maximum atomic E-state index is 12.6. The molecule has 88 valence electrons. The topological polar surface area (TPSA) is 3.24 Å². The number of rotatable bonds is 5. The van der Waals surface area contributed by atoms with Crippen LogP contribution in [0.15, 0.2) is 24.3 Å². The lowest BCUT2D eigenvalue weighted by atomic mass is 10.1. The van der Waals surface area contributed by atoms with Gasteiger partial charge in [-0.25, -0.2) is 4.39 Å². The number of hydrogen-bond acceptors (Lipinski definition) is 1. The third-order valence-corrected chi connectivity index (χ3v) is 2.28. The van der Waals surface area contributed by atoms with Gasteiger partial charge in [-0.3, -0.25) is 4.90 Å². The summed E-state index contributed by atoms with van der Waals surface area (Å²) >= 11 is 0. The second kappa shape index (κ2) is 8.15. The normalized spacial score (nSPS) is 9.62. The van der Waals surface area contributed by atoms with E-state index >= 15 is 0 Å². The molecule has 1 nitrogen and oxygen atoms in total. The summed E-state index contributed by atoms with van der Waals surface area (Å²) in [6, 6.07) is 6.66. The fourth-order valence-corrected chi connectivity index (χ4v) is 1.44. The van der Waals surface area contributed by atoms with Crippen molar-refractivity contribution in [1.82, 2.24) is 4.90 Å². The van der Waals surface area contributed by atoms with Crippen molar-refractivity contribution in [2.45, 2.75) is 12.8 Å². The molecule has 0 radical (unpaired) electrons. The summed E-state index contributed by atoms with van der Waals surface area (Å²) in [7, 11) is 2.00. The highest BCUT2D eigenvalue weighted by Crippen LogP contribution is 2.05. The Hall–Kier alpha value is -1.04. The van der Waals surface area contributed by atoms with E-state index in [0.29, 0.717) is 6.54 Å². The van der Waals surface area contributed by atoms with Crippen LogP contribution in [-0.4, -0.2) is 25.0 Å². The third kappa shape index (κ3) is 5.75. The zero-order chi connectivity index (χ0) is 11.1. The first-order valence-electron chi connectivity index (χ1n) is 5.09. The first-order valence-corrected chi connectivity index (χ1v) is 5.09. The maximum Gasteiger partial charge on any atom is 0.123 e. The van der Waals surface area contributed by atoms with Crippen molar-refractivity contribution in [2.75, 3.05) is 20.1 Å². The van der Waals surface area contributed by atoms with Gasteiger partial charge >= 0.3 is 0 Å². The summed E-state index contributed by atoms with van der Waals surface area (Å²) in [5.74, 6) is 2.42. The van der Waals surface area contributed by atoms with Gasteiger partial charge in [0.1, 0.15) is 5.82 Å². The molecule has 0 aliphatic rings. The molecule has 0 saturated carbocycles. The highest BCUT2D eigenvalue weighted by molar-refractivity contribution is 5.85. The highest BCUT2D eigenvalue weighted by Gasteiger charge is 1.97. The molecular formula is C13H17ClFN. The van der Waals surface area contributed by atoms with Gasteiger partial charge in [-0.1, -0.05) is 18.1 Å². The lowest BCUT2D eigenvalue weighted by Gasteiger charge is -2.12. The van der Waals surface area contributed by atoms with Crippen LogP contribution in [-0.2, 0) is 6.42 Å². The fraction of sp³-hybridized carbons (Fsp3) is 0.385. The average Bonchev–Trinajstić information content (AvgIpc) is 2.21. The van der Waals surface area contributed by atoms with Gasteiger partial charge < -0.3 is 0 Å². The molecule has 0 atom stereocenters. The zero-order valence-electron chi connectivity index (χ0n) is 9.45. The summed E-state index contributed by atoms with van der Waals surface area (Å²) in [6.07, 6.45) is 7.21. The van der Waals surface area contributed by atoms with E-state index in [1.54, 1.807) is 0 Å². The van der Waals surface area contributed by atoms with Crippen LogP contribution in [0.4, 0.5) is 4.39 Å². The number of benzene rings is 1. The van der Waals surface area contributed by atoms with Crippen molar-refractivity contribution in [3.05, 3.63) is 35.6 Å². The first kappa shape index (κ1) is 15.0. The average molecular weight is 242 g/mol. The molecule has 0 aliphatic carbocycles. The molecule has 0 fully saturated rings. The van der Waals surface area contributed by atoms with E-state index in [1.165, 1.54) is 17.7 Å². The Morgan fingerprint density at radius 2 is 1.94 bits per heavy atom. The molecule has 0 saturated heterocycles. The van der Waals surface area contributed by atoms with Crippen LogP contribution in [0.1, 0.15) is 12.0 Å². The second-order valence-electron chi connectivity index (χ2n) is 3.67.